The summed E-state index contributed by atoms with van der Waals surface area (Å²) in [6.45, 7) is 7.39. The molecule has 0 saturated carbocycles. The van der Waals surface area contributed by atoms with E-state index in [2.05, 4.69) is 16.0 Å². The van der Waals surface area contributed by atoms with Crippen LogP contribution in [0.4, 0.5) is 0 Å². The van der Waals surface area contributed by atoms with Gasteiger partial charge in [0.2, 0.25) is 0 Å². The van der Waals surface area contributed by atoms with E-state index in [4.69, 9.17) is 4.74 Å². The van der Waals surface area contributed by atoms with Crippen molar-refractivity contribution in [3.8, 4) is 11.4 Å². The van der Waals surface area contributed by atoms with Crippen molar-refractivity contribution < 1.29 is 14.3 Å². The largest absolute Gasteiger partial charge is 0.481 e. The number of nitrogens with zero attached hydrogens (tertiary/aromatic N) is 2. The van der Waals surface area contributed by atoms with E-state index in [1.54, 1.807) is 17.7 Å². The highest BCUT2D eigenvalue weighted by atomic mass is 16.5. The summed E-state index contributed by atoms with van der Waals surface area (Å²) in [6, 6.07) is 16.8. The van der Waals surface area contributed by atoms with Gasteiger partial charge in [0, 0.05) is 5.69 Å². The number of hydrogen-bond acceptors (Lipinski definition) is 4. The van der Waals surface area contributed by atoms with Gasteiger partial charge in [0.05, 0.1) is 5.69 Å². The molecule has 7 nitrogen and oxygen atoms in total. The number of para-hydroxylation sites is 1. The van der Waals surface area contributed by atoms with E-state index in [1.807, 2.05) is 69.3 Å². The number of hydrazine groups is 1. The zero-order chi connectivity index (χ0) is 21.0. The normalized spacial score (nSPS) is 11.6. The SMILES string of the molecule is Cc1cccc(OC(C)C(=O)NNC(=O)c2cc(C)n(-c3ccccc3)n2)c1C. The molecule has 0 aliphatic rings. The zero-order valence-corrected chi connectivity index (χ0v) is 16.9. The standard InChI is InChI=1S/C22H24N4O3/c1-14-9-8-12-20(16(14)3)29-17(4)21(27)23-24-22(28)19-13-15(2)26(25-19)18-10-6-5-7-11-18/h5-13,17H,1-4H3,(H,23,27)(H,24,28). The monoisotopic (exact) mass is 392 g/mol. The van der Waals surface area contributed by atoms with Crippen molar-refractivity contribution in [2.45, 2.75) is 33.8 Å². The quantitative estimate of drug-likeness (QED) is 0.654. The van der Waals surface area contributed by atoms with Crippen LogP contribution in [0.5, 0.6) is 5.75 Å². The van der Waals surface area contributed by atoms with Crippen LogP contribution in [0.3, 0.4) is 0 Å². The van der Waals surface area contributed by atoms with Crippen molar-refractivity contribution in [1.82, 2.24) is 20.6 Å². The fourth-order valence-corrected chi connectivity index (χ4v) is 2.80. The lowest BCUT2D eigenvalue weighted by Gasteiger charge is -2.17. The summed E-state index contributed by atoms with van der Waals surface area (Å²) < 4.78 is 7.39. The van der Waals surface area contributed by atoms with E-state index < -0.39 is 17.9 Å². The molecule has 0 saturated heterocycles. The van der Waals surface area contributed by atoms with Crippen molar-refractivity contribution in [3.05, 3.63) is 77.1 Å². The zero-order valence-electron chi connectivity index (χ0n) is 16.9. The minimum Gasteiger partial charge on any atom is -0.481 e. The number of benzene rings is 2. The maximum atomic E-state index is 12.4. The average molecular weight is 392 g/mol. The highest BCUT2D eigenvalue weighted by Crippen LogP contribution is 2.21. The molecule has 3 aromatic rings. The Bertz CT molecular complexity index is 1030. The summed E-state index contributed by atoms with van der Waals surface area (Å²) >= 11 is 0. The van der Waals surface area contributed by atoms with E-state index in [-0.39, 0.29) is 5.69 Å². The van der Waals surface area contributed by atoms with Gasteiger partial charge in [-0.2, -0.15) is 5.10 Å². The van der Waals surface area contributed by atoms with Gasteiger partial charge in [0.25, 0.3) is 11.8 Å². The third kappa shape index (κ3) is 4.63. The molecule has 2 amide bonds. The number of ether oxygens (including phenoxy) is 1. The van der Waals surface area contributed by atoms with Crippen molar-refractivity contribution in [2.24, 2.45) is 0 Å². The predicted molar refractivity (Wildman–Crippen MR) is 110 cm³/mol. The summed E-state index contributed by atoms with van der Waals surface area (Å²) in [5.41, 5.74) is 8.69. The Morgan fingerprint density at radius 3 is 2.45 bits per heavy atom. The number of carbonyl (C=O) groups excluding carboxylic acids is 2. The minimum absolute atomic E-state index is 0.203. The van der Waals surface area contributed by atoms with Crippen LogP contribution in [0.25, 0.3) is 5.69 Å². The lowest BCUT2D eigenvalue weighted by molar-refractivity contribution is -0.128. The van der Waals surface area contributed by atoms with Crippen molar-refractivity contribution in [2.75, 3.05) is 0 Å². The van der Waals surface area contributed by atoms with Crippen LogP contribution in [-0.2, 0) is 4.79 Å². The minimum atomic E-state index is -0.778. The van der Waals surface area contributed by atoms with Crippen molar-refractivity contribution in [3.63, 3.8) is 0 Å². The van der Waals surface area contributed by atoms with Gasteiger partial charge in [-0.05, 0) is 63.1 Å². The van der Waals surface area contributed by atoms with Gasteiger partial charge < -0.3 is 4.74 Å². The first-order valence-corrected chi connectivity index (χ1v) is 9.32. The van der Waals surface area contributed by atoms with E-state index in [0.717, 1.165) is 22.5 Å². The Hall–Kier alpha value is -3.61. The lowest BCUT2D eigenvalue weighted by atomic mass is 10.1. The highest BCUT2D eigenvalue weighted by Gasteiger charge is 2.18. The van der Waals surface area contributed by atoms with Gasteiger partial charge in [-0.15, -0.1) is 0 Å². The maximum Gasteiger partial charge on any atom is 0.290 e. The van der Waals surface area contributed by atoms with Crippen LogP contribution >= 0.6 is 0 Å². The molecule has 1 aromatic heterocycles. The number of nitrogens with one attached hydrogen (secondary N) is 2. The van der Waals surface area contributed by atoms with Gasteiger partial charge in [-0.1, -0.05) is 30.3 Å². The Morgan fingerprint density at radius 2 is 1.72 bits per heavy atom. The van der Waals surface area contributed by atoms with Gasteiger partial charge in [0.15, 0.2) is 11.8 Å². The fraction of sp³-hybridized carbons (Fsp3) is 0.227. The topological polar surface area (TPSA) is 85.3 Å². The molecular formula is C22H24N4O3. The van der Waals surface area contributed by atoms with Gasteiger partial charge in [-0.3, -0.25) is 20.4 Å². The third-order valence-electron chi connectivity index (χ3n) is 4.65. The molecule has 7 heteroatoms. The molecule has 29 heavy (non-hydrogen) atoms. The Labute approximate surface area is 169 Å². The first kappa shape index (κ1) is 20.1. The van der Waals surface area contributed by atoms with Crippen LogP contribution in [0.2, 0.25) is 0 Å². The molecule has 3 rings (SSSR count). The number of hydrogen-bond donors (Lipinski definition) is 2. The molecule has 1 atom stereocenters. The Balaban J connectivity index is 1.60. The molecule has 1 unspecified atom stereocenters. The van der Waals surface area contributed by atoms with E-state index >= 15 is 0 Å². The molecular weight excluding hydrogens is 368 g/mol. The highest BCUT2D eigenvalue weighted by molar-refractivity contribution is 5.94. The maximum absolute atomic E-state index is 12.4. The number of aryl methyl sites for hydroxylation is 2. The van der Waals surface area contributed by atoms with Gasteiger partial charge in [0.1, 0.15) is 5.75 Å². The van der Waals surface area contributed by atoms with Crippen LogP contribution in [0, 0.1) is 20.8 Å². The predicted octanol–water partition coefficient (Wildman–Crippen LogP) is 3.03. The summed E-state index contributed by atoms with van der Waals surface area (Å²) in [6.07, 6.45) is -0.778. The fourth-order valence-electron chi connectivity index (χ4n) is 2.80. The smallest absolute Gasteiger partial charge is 0.290 e. The number of carbonyl (C=O) groups is 2. The lowest BCUT2D eigenvalue weighted by Crippen LogP contribution is -2.47. The molecule has 0 aliphatic carbocycles. The molecule has 2 aromatic carbocycles. The molecule has 150 valence electrons. The first-order chi connectivity index (χ1) is 13.9. The number of aromatic nitrogens is 2. The third-order valence-corrected chi connectivity index (χ3v) is 4.65. The number of rotatable bonds is 5. The number of amides is 2. The molecule has 0 fully saturated rings. The molecule has 0 aliphatic heterocycles. The van der Waals surface area contributed by atoms with Crippen molar-refractivity contribution in [1.29, 1.82) is 0 Å². The molecule has 2 N–H and O–H groups in total. The van der Waals surface area contributed by atoms with Crippen LogP contribution < -0.4 is 15.6 Å². The van der Waals surface area contributed by atoms with E-state index in [0.29, 0.717) is 5.75 Å². The summed E-state index contributed by atoms with van der Waals surface area (Å²) in [5.74, 6) is -0.329. The van der Waals surface area contributed by atoms with E-state index in [1.165, 1.54) is 0 Å². The second-order valence-corrected chi connectivity index (χ2v) is 6.82. The first-order valence-electron chi connectivity index (χ1n) is 9.32. The molecule has 1 heterocycles. The summed E-state index contributed by atoms with van der Waals surface area (Å²) in [4.78, 5) is 24.7. The second kappa shape index (κ2) is 8.60. The van der Waals surface area contributed by atoms with Crippen LogP contribution in [-0.4, -0.2) is 27.7 Å². The van der Waals surface area contributed by atoms with E-state index in [9.17, 15) is 9.59 Å². The summed E-state index contributed by atoms with van der Waals surface area (Å²) in [5, 5.41) is 4.31. The van der Waals surface area contributed by atoms with Crippen molar-refractivity contribution >= 4 is 11.8 Å². The Morgan fingerprint density at radius 1 is 1.00 bits per heavy atom. The van der Waals surface area contributed by atoms with Gasteiger partial charge >= 0.3 is 0 Å². The molecule has 0 bridgehead atoms. The van der Waals surface area contributed by atoms with Crippen LogP contribution in [0.1, 0.15) is 34.2 Å². The Kier molecular flexibility index (Phi) is 5.97. The molecule has 0 radical (unpaired) electrons. The second-order valence-electron chi connectivity index (χ2n) is 6.82. The van der Waals surface area contributed by atoms with Crippen LogP contribution in [0.15, 0.2) is 54.6 Å². The van der Waals surface area contributed by atoms with Gasteiger partial charge in [-0.25, -0.2) is 4.68 Å². The summed E-state index contributed by atoms with van der Waals surface area (Å²) in [7, 11) is 0. The molecule has 0 spiro atoms. The average Bonchev–Trinajstić information content (AvgIpc) is 3.11.